The Labute approximate surface area is 173 Å². The van der Waals surface area contributed by atoms with Gasteiger partial charge in [0.1, 0.15) is 6.61 Å². The normalized spacial score (nSPS) is 23.7. The van der Waals surface area contributed by atoms with Crippen molar-refractivity contribution in [1.82, 2.24) is 0 Å². The summed E-state index contributed by atoms with van der Waals surface area (Å²) in [7, 11) is 0. The fourth-order valence-corrected chi connectivity index (χ4v) is 5.05. The van der Waals surface area contributed by atoms with E-state index in [1.165, 1.54) is 11.0 Å². The summed E-state index contributed by atoms with van der Waals surface area (Å²) in [5.41, 5.74) is 2.42. The number of aromatic carboxylic acids is 1. The highest BCUT2D eigenvalue weighted by Gasteiger charge is 2.72. The zero-order chi connectivity index (χ0) is 21.4. The van der Waals surface area contributed by atoms with Crippen LogP contribution in [0.5, 0.6) is 0 Å². The summed E-state index contributed by atoms with van der Waals surface area (Å²) < 4.78 is 5.02. The molecule has 2 aliphatic heterocycles. The fourth-order valence-electron chi connectivity index (χ4n) is 5.05. The summed E-state index contributed by atoms with van der Waals surface area (Å²) in [6, 6.07) is 10.9. The van der Waals surface area contributed by atoms with Gasteiger partial charge in [0.25, 0.3) is 0 Å². The highest BCUT2D eigenvalue weighted by Crippen LogP contribution is 2.70. The molecule has 0 unspecified atom stereocenters. The second-order valence-electron chi connectivity index (χ2n) is 8.83. The number of cyclic esters (lactones) is 1. The van der Waals surface area contributed by atoms with E-state index in [-0.39, 0.29) is 23.5 Å². The zero-order valence-corrected chi connectivity index (χ0v) is 17.1. The number of anilines is 3. The lowest BCUT2D eigenvalue weighted by atomic mass is 9.89. The number of ether oxygens (including phenoxy) is 1. The number of carbonyl (C=O) groups excluding carboxylic acids is 2. The number of carbonyl (C=O) groups is 3. The molecule has 5 rings (SSSR count). The number of amides is 2. The lowest BCUT2D eigenvalue weighted by Gasteiger charge is -2.24. The van der Waals surface area contributed by atoms with Gasteiger partial charge in [-0.15, -0.1) is 0 Å². The lowest BCUT2D eigenvalue weighted by Crippen LogP contribution is -2.32. The van der Waals surface area contributed by atoms with E-state index in [9.17, 15) is 19.5 Å². The predicted octanol–water partition coefficient (Wildman–Crippen LogP) is 4.00. The summed E-state index contributed by atoms with van der Waals surface area (Å²) in [5, 5.41) is 9.79. The van der Waals surface area contributed by atoms with E-state index in [2.05, 4.69) is 13.8 Å². The van der Waals surface area contributed by atoms with Crippen molar-refractivity contribution in [3.8, 4) is 0 Å². The Morgan fingerprint density at radius 3 is 2.43 bits per heavy atom. The molecule has 3 aliphatic rings. The van der Waals surface area contributed by atoms with Gasteiger partial charge in [-0.1, -0.05) is 32.0 Å². The molecular weight excluding hydrogens is 384 g/mol. The maximum atomic E-state index is 13.8. The molecule has 7 nitrogen and oxygen atoms in total. The number of carboxylic acids is 1. The van der Waals surface area contributed by atoms with Gasteiger partial charge >= 0.3 is 12.1 Å². The number of nitrogens with zero attached hydrogens (tertiary/aromatic N) is 2. The van der Waals surface area contributed by atoms with Crippen LogP contribution in [0.4, 0.5) is 21.9 Å². The van der Waals surface area contributed by atoms with E-state index in [4.69, 9.17) is 4.74 Å². The molecule has 2 aromatic carbocycles. The molecule has 1 saturated heterocycles. The fraction of sp³-hybridized carbons (Fsp3) is 0.348. The van der Waals surface area contributed by atoms with Crippen LogP contribution in [0.1, 0.15) is 41.8 Å². The van der Waals surface area contributed by atoms with Crippen molar-refractivity contribution in [3.05, 3.63) is 53.1 Å². The molecule has 0 aromatic heterocycles. The highest BCUT2D eigenvalue weighted by molar-refractivity contribution is 6.16. The van der Waals surface area contributed by atoms with Crippen LogP contribution in [0.2, 0.25) is 0 Å². The van der Waals surface area contributed by atoms with Crippen LogP contribution in [0.25, 0.3) is 0 Å². The van der Waals surface area contributed by atoms with Crippen molar-refractivity contribution < 1.29 is 24.2 Å². The molecule has 7 heteroatoms. The monoisotopic (exact) mass is 406 g/mol. The maximum Gasteiger partial charge on any atom is 0.414 e. The van der Waals surface area contributed by atoms with Gasteiger partial charge in [-0.05, 0) is 48.1 Å². The van der Waals surface area contributed by atoms with Crippen LogP contribution in [-0.2, 0) is 14.9 Å². The summed E-state index contributed by atoms with van der Waals surface area (Å²) in [5.74, 6) is -1.15. The number of para-hydroxylation sites is 1. The highest BCUT2D eigenvalue weighted by atomic mass is 16.6. The number of carboxylic acid groups (broad SMARTS) is 1. The third-order valence-electron chi connectivity index (χ3n) is 6.82. The van der Waals surface area contributed by atoms with Crippen molar-refractivity contribution >= 4 is 35.0 Å². The SMILES string of the molecule is Cc1c(C(=O)O)cc(N2CCOC2=O)cc1N1C(=O)[C@]2(CC2(C)C)c2ccccc21. The average Bonchev–Trinajstić information content (AvgIpc) is 2.95. The first-order chi connectivity index (χ1) is 14.2. The molecule has 0 radical (unpaired) electrons. The molecule has 1 saturated carbocycles. The first-order valence-corrected chi connectivity index (χ1v) is 9.95. The van der Waals surface area contributed by atoms with Gasteiger partial charge in [-0.2, -0.15) is 0 Å². The standard InChI is InChI=1S/C23H22N2O5/c1-13-15(19(26)27)10-14(24-8-9-30-21(24)29)11-18(13)25-17-7-5-4-6-16(17)23(20(25)28)12-22(23,2)3/h4-7,10-11H,8-9,12H2,1-3H3,(H,26,27)/t23-/m0/s1. The average molecular weight is 406 g/mol. The van der Waals surface area contributed by atoms with Crippen molar-refractivity contribution in [2.24, 2.45) is 5.41 Å². The third-order valence-corrected chi connectivity index (χ3v) is 6.82. The summed E-state index contributed by atoms with van der Waals surface area (Å²) in [6.07, 6.45) is 0.226. The molecule has 2 aromatic rings. The van der Waals surface area contributed by atoms with E-state index in [0.717, 1.165) is 17.7 Å². The van der Waals surface area contributed by atoms with Gasteiger partial charge in [0.05, 0.1) is 34.6 Å². The Kier molecular flexibility index (Phi) is 3.63. The molecule has 2 heterocycles. The Hall–Kier alpha value is -3.35. The van der Waals surface area contributed by atoms with Crippen molar-refractivity contribution in [3.63, 3.8) is 0 Å². The van der Waals surface area contributed by atoms with Gasteiger partial charge in [0.15, 0.2) is 0 Å². The van der Waals surface area contributed by atoms with Gasteiger partial charge in [-0.3, -0.25) is 14.6 Å². The van der Waals surface area contributed by atoms with Gasteiger partial charge in [0, 0.05) is 0 Å². The Balaban J connectivity index is 1.73. The largest absolute Gasteiger partial charge is 0.478 e. The number of hydrogen-bond donors (Lipinski definition) is 1. The molecule has 1 aliphatic carbocycles. The number of fused-ring (bicyclic) bond motifs is 2. The smallest absolute Gasteiger partial charge is 0.414 e. The van der Waals surface area contributed by atoms with Crippen LogP contribution in [0.3, 0.4) is 0 Å². The van der Waals surface area contributed by atoms with E-state index in [1.807, 2.05) is 24.3 Å². The topological polar surface area (TPSA) is 87.2 Å². The molecule has 2 fully saturated rings. The molecule has 2 amide bonds. The Morgan fingerprint density at radius 1 is 1.13 bits per heavy atom. The summed E-state index contributed by atoms with van der Waals surface area (Å²) >= 11 is 0. The minimum atomic E-state index is -1.11. The van der Waals surface area contributed by atoms with Crippen molar-refractivity contribution in [2.75, 3.05) is 23.0 Å². The number of rotatable bonds is 3. The minimum Gasteiger partial charge on any atom is -0.478 e. The molecule has 1 N–H and O–H groups in total. The van der Waals surface area contributed by atoms with Crippen LogP contribution in [-0.4, -0.2) is 36.2 Å². The zero-order valence-electron chi connectivity index (χ0n) is 17.1. The number of benzene rings is 2. The van der Waals surface area contributed by atoms with Gasteiger partial charge < -0.3 is 9.84 Å². The van der Waals surface area contributed by atoms with E-state index in [1.54, 1.807) is 17.9 Å². The third kappa shape index (κ3) is 2.23. The second kappa shape index (κ2) is 5.84. The number of hydrogen-bond acceptors (Lipinski definition) is 4. The van der Waals surface area contributed by atoms with Crippen LogP contribution in [0.15, 0.2) is 36.4 Å². The summed E-state index contributed by atoms with van der Waals surface area (Å²) in [4.78, 5) is 40.9. The van der Waals surface area contributed by atoms with Crippen molar-refractivity contribution in [1.29, 1.82) is 0 Å². The van der Waals surface area contributed by atoms with Crippen LogP contribution in [0, 0.1) is 12.3 Å². The minimum absolute atomic E-state index is 0.0470. The van der Waals surface area contributed by atoms with Crippen LogP contribution < -0.4 is 9.80 Å². The Morgan fingerprint density at radius 2 is 1.83 bits per heavy atom. The summed E-state index contributed by atoms with van der Waals surface area (Å²) in [6.45, 7) is 6.44. The molecule has 1 atom stereocenters. The van der Waals surface area contributed by atoms with Gasteiger partial charge in [0.2, 0.25) is 5.91 Å². The van der Waals surface area contributed by atoms with Gasteiger partial charge in [-0.25, -0.2) is 9.59 Å². The van der Waals surface area contributed by atoms with E-state index >= 15 is 0 Å². The quantitative estimate of drug-likeness (QED) is 0.833. The molecule has 1 spiro atoms. The predicted molar refractivity (Wildman–Crippen MR) is 110 cm³/mol. The molecule has 30 heavy (non-hydrogen) atoms. The molecule has 154 valence electrons. The van der Waals surface area contributed by atoms with Crippen molar-refractivity contribution in [2.45, 2.75) is 32.6 Å². The second-order valence-corrected chi connectivity index (χ2v) is 8.83. The first kappa shape index (κ1) is 18.7. The molecular formula is C23H22N2O5. The first-order valence-electron chi connectivity index (χ1n) is 9.95. The van der Waals surface area contributed by atoms with E-state index < -0.39 is 17.5 Å². The lowest BCUT2D eigenvalue weighted by molar-refractivity contribution is -0.120. The molecule has 0 bridgehead atoms. The van der Waals surface area contributed by atoms with E-state index in [0.29, 0.717) is 23.5 Å². The van der Waals surface area contributed by atoms with Crippen LogP contribution >= 0.6 is 0 Å². The Bertz CT molecular complexity index is 1140. The maximum absolute atomic E-state index is 13.8.